The molecule has 2 aromatic heterocycles. The number of hydrogen-bond donors (Lipinski definition) is 2. The molecule has 0 spiro atoms. The van der Waals surface area contributed by atoms with E-state index in [4.69, 9.17) is 4.19 Å². The average molecular weight is 199 g/mol. The van der Waals surface area contributed by atoms with E-state index in [-0.39, 0.29) is 15.5 Å². The minimum Gasteiger partial charge on any atom is -0.291 e. The first-order valence-electron chi connectivity index (χ1n) is 5.27. The fraction of sp³-hybridized carbons (Fsp3) is 0.286. The van der Waals surface area contributed by atoms with E-state index in [0.717, 1.165) is 11.6 Å². The van der Waals surface area contributed by atoms with Crippen molar-refractivity contribution in [1.82, 2.24) is 19.1 Å². The maximum absolute atomic E-state index is 11.8. The van der Waals surface area contributed by atoms with Crippen molar-refractivity contribution in [3.8, 4) is 0 Å². The Kier molecular flexibility index (Phi) is 0.994. The molecule has 0 atom stereocenters. The first kappa shape index (κ1) is 5.63. The highest BCUT2D eigenvalue weighted by molar-refractivity contribution is 5.68. The van der Waals surface area contributed by atoms with E-state index in [1.807, 2.05) is 0 Å². The zero-order valence-corrected chi connectivity index (χ0v) is 7.22. The SMILES string of the molecule is [2H]Cn1c(=O)n([2H])c2c1c(=O)n(C)c(=O)n2[2H]. The number of imidazole rings is 1. The van der Waals surface area contributed by atoms with E-state index in [2.05, 4.69) is 0 Å². The molecule has 0 radical (unpaired) electrons. The number of hydrogen-bond acceptors (Lipinski definition) is 3. The molecule has 0 unspecified atom stereocenters. The molecule has 2 N–H and O–H groups in total. The van der Waals surface area contributed by atoms with Crippen LogP contribution in [0.5, 0.6) is 0 Å². The second-order valence-electron chi connectivity index (χ2n) is 2.75. The largest absolute Gasteiger partial charge is 0.329 e. The Morgan fingerprint density at radius 1 is 1.21 bits per heavy atom. The van der Waals surface area contributed by atoms with E-state index < -0.39 is 29.6 Å². The molecule has 2 rings (SSSR count). The van der Waals surface area contributed by atoms with Crippen molar-refractivity contribution in [1.29, 1.82) is 0 Å². The third-order valence-electron chi connectivity index (χ3n) is 1.91. The summed E-state index contributed by atoms with van der Waals surface area (Å²) in [6.45, 7) is 0. The molecule has 0 fully saturated rings. The van der Waals surface area contributed by atoms with Gasteiger partial charge in [0.05, 0.1) is 0 Å². The van der Waals surface area contributed by atoms with Gasteiger partial charge in [-0.1, -0.05) is 0 Å². The number of aryl methyl sites for hydroxylation is 1. The van der Waals surface area contributed by atoms with Gasteiger partial charge in [-0.2, -0.15) is 0 Å². The fourth-order valence-electron chi connectivity index (χ4n) is 1.12. The standard InChI is InChI=1S/C7H8N4O3/c1-10-3-4(8-6(10)13)9-7(14)11(2)5(3)12/h1-2H3,(H,8,13)(H,9,14)/i1D/hD2. The Balaban J connectivity index is 3.30. The highest BCUT2D eigenvalue weighted by atomic mass is 16.2. The van der Waals surface area contributed by atoms with E-state index >= 15 is 0 Å². The fourth-order valence-corrected chi connectivity index (χ4v) is 1.12. The van der Waals surface area contributed by atoms with Crippen LogP contribution in [0.3, 0.4) is 0 Å². The van der Waals surface area contributed by atoms with Crippen LogP contribution >= 0.6 is 0 Å². The molecule has 2 heterocycles. The molecular weight excluding hydrogens is 188 g/mol. The third-order valence-corrected chi connectivity index (χ3v) is 1.91. The second kappa shape index (κ2) is 2.47. The molecule has 2 aromatic rings. The molecule has 0 bridgehead atoms. The summed E-state index contributed by atoms with van der Waals surface area (Å²) in [5.74, 6) is 0. The number of aromatic nitrogens is 4. The van der Waals surface area contributed by atoms with Crippen LogP contribution in [0.1, 0.15) is 1.37 Å². The van der Waals surface area contributed by atoms with E-state index in [1.165, 1.54) is 0 Å². The summed E-state index contributed by atoms with van der Waals surface area (Å²) in [7, 11) is 0.601. The molecule has 0 aliphatic rings. The van der Waals surface area contributed by atoms with Gasteiger partial charge in [0, 0.05) is 15.4 Å². The van der Waals surface area contributed by atoms with Crippen molar-refractivity contribution in [2.45, 2.75) is 0 Å². The highest BCUT2D eigenvalue weighted by Gasteiger charge is 2.10. The van der Waals surface area contributed by atoms with Crippen LogP contribution in [0.15, 0.2) is 14.4 Å². The normalized spacial score (nSPS) is 13.9. The molecule has 7 heteroatoms. The predicted molar refractivity (Wildman–Crippen MR) is 49.4 cm³/mol. The zero-order chi connectivity index (χ0) is 12.9. The van der Waals surface area contributed by atoms with Gasteiger partial charge in [0.15, 0.2) is 8.34 Å². The molecule has 0 aliphatic carbocycles. The zero-order valence-electron chi connectivity index (χ0n) is 10.2. The predicted octanol–water partition coefficient (Wildman–Crippen LogP) is -1.75. The third kappa shape index (κ3) is 0.889. The van der Waals surface area contributed by atoms with Crippen molar-refractivity contribution in [2.75, 3.05) is 0 Å². The van der Waals surface area contributed by atoms with Gasteiger partial charge in [-0.05, 0) is 0 Å². The lowest BCUT2D eigenvalue weighted by Gasteiger charge is -1.96. The summed E-state index contributed by atoms with van der Waals surface area (Å²) in [4.78, 5) is 35.3. The molecule has 14 heavy (non-hydrogen) atoms. The first-order valence-corrected chi connectivity index (χ1v) is 3.66. The summed E-state index contributed by atoms with van der Waals surface area (Å²) in [6, 6.07) is 0. The Morgan fingerprint density at radius 2 is 1.79 bits per heavy atom. The maximum Gasteiger partial charge on any atom is 0.329 e. The topological polar surface area (TPSA) is 92.7 Å². The average Bonchev–Trinajstić information content (AvgIpc) is 2.57. The minimum absolute atomic E-state index is 0.264. The molecular formula is C7H8N4O3. The molecule has 74 valence electrons. The maximum atomic E-state index is 11.8. The van der Waals surface area contributed by atoms with Crippen LogP contribution in [0, 0.1) is 0 Å². The number of fused-ring (bicyclic) bond motifs is 1. The quantitative estimate of drug-likeness (QED) is 0.527. The summed E-state index contributed by atoms with van der Waals surface area (Å²) in [5, 5.41) is 0. The molecule has 0 aliphatic heterocycles. The van der Waals surface area contributed by atoms with Gasteiger partial charge >= 0.3 is 11.4 Å². The van der Waals surface area contributed by atoms with Crippen LogP contribution < -0.4 is 16.9 Å². The molecule has 0 saturated heterocycles. The van der Waals surface area contributed by atoms with Gasteiger partial charge in [-0.3, -0.25) is 23.9 Å². The van der Waals surface area contributed by atoms with Gasteiger partial charge in [0.2, 0.25) is 0 Å². The number of nitrogens with zero attached hydrogens (tertiary/aromatic N) is 2. The van der Waals surface area contributed by atoms with Crippen molar-refractivity contribution in [3.05, 3.63) is 31.3 Å². The lowest BCUT2D eigenvalue weighted by molar-refractivity contribution is 0.781. The van der Waals surface area contributed by atoms with Crippen molar-refractivity contribution >= 4 is 11.2 Å². The molecule has 7 nitrogen and oxygen atoms in total. The number of nitrogens with one attached hydrogen (secondary N) is 2. The first-order chi connectivity index (χ1) is 7.91. The van der Waals surface area contributed by atoms with Crippen molar-refractivity contribution in [2.24, 2.45) is 14.1 Å². The molecule has 0 amide bonds. The highest BCUT2D eigenvalue weighted by Crippen LogP contribution is 1.94. The number of rotatable bonds is 0. The van der Waals surface area contributed by atoms with Gasteiger partial charge < -0.3 is 0 Å². The van der Waals surface area contributed by atoms with E-state index in [0.29, 0.717) is 4.57 Å². The Labute approximate surface area is 80.9 Å². The summed E-state index contributed by atoms with van der Waals surface area (Å²) in [6.07, 6.45) is 0. The van der Waals surface area contributed by atoms with E-state index in [9.17, 15) is 14.4 Å². The van der Waals surface area contributed by atoms with Crippen molar-refractivity contribution in [3.63, 3.8) is 0 Å². The minimum atomic E-state index is -0.953. The van der Waals surface area contributed by atoms with Crippen LogP contribution in [0.4, 0.5) is 0 Å². The smallest absolute Gasteiger partial charge is 0.291 e. The van der Waals surface area contributed by atoms with Crippen LogP contribution in [0.25, 0.3) is 11.2 Å². The van der Waals surface area contributed by atoms with Gasteiger partial charge in [0.1, 0.15) is 5.65 Å². The Morgan fingerprint density at radius 3 is 2.36 bits per heavy atom. The van der Waals surface area contributed by atoms with Gasteiger partial charge in [-0.25, -0.2) is 9.59 Å². The lowest BCUT2D eigenvalue weighted by atomic mass is 10.5. The second-order valence-corrected chi connectivity index (χ2v) is 2.75. The van der Waals surface area contributed by atoms with Crippen LogP contribution in [-0.4, -0.2) is 19.1 Å². The van der Waals surface area contributed by atoms with Crippen LogP contribution in [0.2, 0.25) is 2.82 Å². The summed E-state index contributed by atoms with van der Waals surface area (Å²) in [5.41, 5.74) is -3.42. The Bertz CT molecular complexity index is 781. The van der Waals surface area contributed by atoms with Crippen LogP contribution in [-0.2, 0) is 14.1 Å². The van der Waals surface area contributed by atoms with Gasteiger partial charge in [-0.15, -0.1) is 0 Å². The molecule has 0 aromatic carbocycles. The molecule has 0 saturated carbocycles. The van der Waals surface area contributed by atoms with Crippen molar-refractivity contribution < 1.29 is 4.19 Å². The van der Waals surface area contributed by atoms with Gasteiger partial charge in [0.25, 0.3) is 5.56 Å². The van der Waals surface area contributed by atoms with E-state index in [1.54, 1.807) is 0 Å². The lowest BCUT2D eigenvalue weighted by Crippen LogP contribution is -2.33. The summed E-state index contributed by atoms with van der Waals surface area (Å²) < 4.78 is 23.4. The number of aromatic amines is 2. The Hall–Kier alpha value is -2.05. The number of H-pyrrole nitrogens is 2. The summed E-state index contributed by atoms with van der Waals surface area (Å²) >= 11 is 0. The monoisotopic (exact) mass is 199 g/mol.